The van der Waals surface area contributed by atoms with Gasteiger partial charge in [-0.1, -0.05) is 25.4 Å². The van der Waals surface area contributed by atoms with E-state index in [-0.39, 0.29) is 23.3 Å². The largest absolute Gasteiger partial charge is 0.508 e. The van der Waals surface area contributed by atoms with Crippen LogP contribution in [0.4, 0.5) is 0 Å². The van der Waals surface area contributed by atoms with Crippen LogP contribution >= 0.6 is 11.6 Å². The van der Waals surface area contributed by atoms with Crippen LogP contribution in [0.3, 0.4) is 0 Å². The van der Waals surface area contributed by atoms with Crippen molar-refractivity contribution >= 4 is 11.6 Å². The minimum absolute atomic E-state index is 0.103. The molecule has 0 bridgehead atoms. The molecule has 2 unspecified atom stereocenters. The first-order valence-corrected chi connectivity index (χ1v) is 6.18. The number of rotatable bonds is 3. The van der Waals surface area contributed by atoms with E-state index < -0.39 is 0 Å². The van der Waals surface area contributed by atoms with Crippen LogP contribution in [0.5, 0.6) is 5.75 Å². The number of halogens is 1. The second-order valence-corrected chi connectivity index (χ2v) is 5.72. The number of nitrogens with one attached hydrogen (secondary N) is 1. The summed E-state index contributed by atoms with van der Waals surface area (Å²) in [5, 5.41) is 23.3. The first-order valence-electron chi connectivity index (χ1n) is 5.80. The molecule has 1 aromatic rings. The molecule has 0 aromatic heterocycles. The fraction of sp³-hybridized carbons (Fsp3) is 0.538. The Kier molecular flexibility index (Phi) is 3.34. The van der Waals surface area contributed by atoms with Crippen LogP contribution < -0.4 is 5.32 Å². The first kappa shape index (κ1) is 12.7. The van der Waals surface area contributed by atoms with Crippen LogP contribution in [0.25, 0.3) is 0 Å². The lowest BCUT2D eigenvalue weighted by molar-refractivity contribution is -0.0730. The van der Waals surface area contributed by atoms with Crippen LogP contribution in [0, 0.1) is 5.41 Å². The van der Waals surface area contributed by atoms with Gasteiger partial charge in [0.2, 0.25) is 0 Å². The van der Waals surface area contributed by atoms with Gasteiger partial charge in [0.05, 0.1) is 6.10 Å². The number of aromatic hydroxyl groups is 1. The summed E-state index contributed by atoms with van der Waals surface area (Å²) in [6.07, 6.45) is 0.516. The Bertz CT molecular complexity index is 420. The molecule has 3 nitrogen and oxygen atoms in total. The van der Waals surface area contributed by atoms with Gasteiger partial charge in [0.1, 0.15) is 5.75 Å². The molecular weight excluding hydrogens is 238 g/mol. The lowest BCUT2D eigenvalue weighted by Gasteiger charge is -2.49. The number of hydrogen-bond acceptors (Lipinski definition) is 3. The van der Waals surface area contributed by atoms with E-state index in [1.165, 1.54) is 0 Å². The van der Waals surface area contributed by atoms with Crippen molar-refractivity contribution in [2.75, 3.05) is 0 Å². The third kappa shape index (κ3) is 2.41. The van der Waals surface area contributed by atoms with Gasteiger partial charge < -0.3 is 15.5 Å². The summed E-state index contributed by atoms with van der Waals surface area (Å²) in [6.45, 7) is 4.64. The zero-order chi connectivity index (χ0) is 12.6. The number of phenols is 1. The summed E-state index contributed by atoms with van der Waals surface area (Å²) in [5.74, 6) is 0.250. The Morgan fingerprint density at radius 2 is 2.18 bits per heavy atom. The number of hydrogen-bond donors (Lipinski definition) is 3. The lowest BCUT2D eigenvalue weighted by atomic mass is 9.64. The van der Waals surface area contributed by atoms with Gasteiger partial charge in [-0.25, -0.2) is 0 Å². The van der Waals surface area contributed by atoms with Gasteiger partial charge in [0.25, 0.3) is 0 Å². The average Bonchev–Trinajstić information content (AvgIpc) is 2.28. The van der Waals surface area contributed by atoms with E-state index in [1.54, 1.807) is 18.2 Å². The van der Waals surface area contributed by atoms with Gasteiger partial charge in [-0.15, -0.1) is 0 Å². The highest BCUT2D eigenvalue weighted by molar-refractivity contribution is 6.30. The monoisotopic (exact) mass is 255 g/mol. The molecule has 4 heteroatoms. The molecule has 2 atom stereocenters. The van der Waals surface area contributed by atoms with E-state index in [0.717, 1.165) is 12.0 Å². The summed E-state index contributed by atoms with van der Waals surface area (Å²) in [7, 11) is 0. The summed E-state index contributed by atoms with van der Waals surface area (Å²) < 4.78 is 0. The van der Waals surface area contributed by atoms with Crippen LogP contribution in [-0.2, 0) is 6.54 Å². The number of phenolic OH excluding ortho intramolecular Hbond substituents is 1. The predicted octanol–water partition coefficient (Wildman–Crippen LogP) is 2.29. The molecule has 1 saturated carbocycles. The molecule has 94 valence electrons. The Labute approximate surface area is 106 Å². The molecule has 0 aliphatic heterocycles. The molecule has 0 spiro atoms. The number of aliphatic hydroxyl groups excluding tert-OH is 1. The average molecular weight is 256 g/mol. The summed E-state index contributed by atoms with van der Waals surface area (Å²) in [5.41, 5.74) is 0.684. The van der Waals surface area contributed by atoms with Crippen molar-refractivity contribution in [2.24, 2.45) is 5.41 Å². The highest BCUT2D eigenvalue weighted by Gasteiger charge is 2.46. The van der Waals surface area contributed by atoms with Crippen LogP contribution in [-0.4, -0.2) is 22.4 Å². The number of aliphatic hydroxyl groups is 1. The third-order valence-corrected chi connectivity index (χ3v) is 4.03. The highest BCUT2D eigenvalue weighted by Crippen LogP contribution is 2.40. The fourth-order valence-corrected chi connectivity index (χ4v) is 2.37. The van der Waals surface area contributed by atoms with Gasteiger partial charge in [0, 0.05) is 28.6 Å². The Morgan fingerprint density at radius 3 is 2.76 bits per heavy atom. The minimum atomic E-state index is -0.243. The van der Waals surface area contributed by atoms with Crippen molar-refractivity contribution in [1.29, 1.82) is 0 Å². The van der Waals surface area contributed by atoms with Crippen molar-refractivity contribution in [3.8, 4) is 5.75 Å². The lowest BCUT2D eigenvalue weighted by Crippen LogP contribution is -2.59. The van der Waals surface area contributed by atoms with E-state index in [0.29, 0.717) is 11.6 Å². The van der Waals surface area contributed by atoms with Gasteiger partial charge in [-0.3, -0.25) is 0 Å². The molecule has 0 radical (unpaired) electrons. The van der Waals surface area contributed by atoms with Crippen LogP contribution in [0.15, 0.2) is 18.2 Å². The summed E-state index contributed by atoms with van der Waals surface area (Å²) >= 11 is 5.88. The zero-order valence-corrected chi connectivity index (χ0v) is 10.8. The third-order valence-electron chi connectivity index (χ3n) is 3.80. The van der Waals surface area contributed by atoms with E-state index in [4.69, 9.17) is 11.6 Å². The highest BCUT2D eigenvalue weighted by atomic mass is 35.5. The van der Waals surface area contributed by atoms with Gasteiger partial charge >= 0.3 is 0 Å². The smallest absolute Gasteiger partial charge is 0.120 e. The quantitative estimate of drug-likeness (QED) is 0.777. The molecule has 17 heavy (non-hydrogen) atoms. The zero-order valence-electron chi connectivity index (χ0n) is 10.1. The summed E-state index contributed by atoms with van der Waals surface area (Å²) in [6, 6.07) is 5.29. The molecule has 0 amide bonds. The van der Waals surface area contributed by atoms with Crippen molar-refractivity contribution in [1.82, 2.24) is 5.32 Å². The van der Waals surface area contributed by atoms with E-state index >= 15 is 0 Å². The molecule has 0 saturated heterocycles. The van der Waals surface area contributed by atoms with Crippen molar-refractivity contribution in [3.05, 3.63) is 28.8 Å². The molecule has 0 heterocycles. The second-order valence-electron chi connectivity index (χ2n) is 5.28. The fourth-order valence-electron chi connectivity index (χ4n) is 2.18. The standard InChI is InChI=1S/C13H18ClNO2/c1-13(2)11(6-12(13)17)15-7-8-5-9(14)3-4-10(8)16/h3-5,11-12,15-17H,6-7H2,1-2H3. The van der Waals surface area contributed by atoms with Crippen LogP contribution in [0.2, 0.25) is 5.02 Å². The Balaban J connectivity index is 1.97. The maximum Gasteiger partial charge on any atom is 0.120 e. The first-order chi connectivity index (χ1) is 7.91. The van der Waals surface area contributed by atoms with Gasteiger partial charge in [-0.05, 0) is 24.6 Å². The second kappa shape index (κ2) is 4.48. The molecule has 1 aliphatic carbocycles. The van der Waals surface area contributed by atoms with Crippen molar-refractivity contribution in [2.45, 2.75) is 39.0 Å². The van der Waals surface area contributed by atoms with Crippen molar-refractivity contribution in [3.63, 3.8) is 0 Å². The van der Waals surface area contributed by atoms with E-state index in [2.05, 4.69) is 5.32 Å². The topological polar surface area (TPSA) is 52.5 Å². The maximum atomic E-state index is 9.67. The van der Waals surface area contributed by atoms with E-state index in [9.17, 15) is 10.2 Å². The molecule has 2 rings (SSSR count). The van der Waals surface area contributed by atoms with Crippen molar-refractivity contribution < 1.29 is 10.2 Å². The molecular formula is C13H18ClNO2. The molecule has 1 aromatic carbocycles. The Hall–Kier alpha value is -0.770. The van der Waals surface area contributed by atoms with Gasteiger partial charge in [0.15, 0.2) is 0 Å². The molecule has 1 fully saturated rings. The summed E-state index contributed by atoms with van der Waals surface area (Å²) in [4.78, 5) is 0. The Morgan fingerprint density at radius 1 is 1.47 bits per heavy atom. The SMILES string of the molecule is CC1(C)C(O)CC1NCc1cc(Cl)ccc1O. The molecule has 3 N–H and O–H groups in total. The maximum absolute atomic E-state index is 9.67. The minimum Gasteiger partial charge on any atom is -0.508 e. The predicted molar refractivity (Wildman–Crippen MR) is 68.1 cm³/mol. The number of benzene rings is 1. The van der Waals surface area contributed by atoms with E-state index in [1.807, 2.05) is 13.8 Å². The van der Waals surface area contributed by atoms with Crippen LogP contribution in [0.1, 0.15) is 25.8 Å². The van der Waals surface area contributed by atoms with Gasteiger partial charge in [-0.2, -0.15) is 0 Å². The normalized spacial score (nSPS) is 26.6. The molecule has 1 aliphatic rings.